The van der Waals surface area contributed by atoms with E-state index in [-0.39, 0.29) is 24.8 Å². The van der Waals surface area contributed by atoms with Crippen molar-refractivity contribution >= 4 is 46.0 Å². The van der Waals surface area contributed by atoms with Gasteiger partial charge in [-0.3, -0.25) is 0 Å². The van der Waals surface area contributed by atoms with Gasteiger partial charge in [0.05, 0.1) is 0 Å². The quantitative estimate of drug-likeness (QED) is 0.103. The van der Waals surface area contributed by atoms with Gasteiger partial charge in [0.1, 0.15) is 0 Å². The van der Waals surface area contributed by atoms with Crippen LogP contribution >= 0.6 is 22.7 Å². The van der Waals surface area contributed by atoms with E-state index in [1.807, 2.05) is 22.7 Å². The fourth-order valence-corrected chi connectivity index (χ4v) is 15.7. The van der Waals surface area contributed by atoms with Gasteiger partial charge in [-0.2, -0.15) is 0 Å². The Labute approximate surface area is 361 Å². The van der Waals surface area contributed by atoms with E-state index in [4.69, 9.17) is 0 Å². The van der Waals surface area contributed by atoms with E-state index in [2.05, 4.69) is 149 Å². The molecule has 5 heteroatoms. The first-order valence-corrected chi connectivity index (χ1v) is 24.4. The first kappa shape index (κ1) is 41.8. The van der Waals surface area contributed by atoms with Crippen LogP contribution in [0.4, 0.5) is 0 Å². The summed E-state index contributed by atoms with van der Waals surface area (Å²) in [5.74, 6) is 0. The maximum Gasteiger partial charge on any atom is -1.00 e. The number of hydrogen-bond acceptors (Lipinski definition) is 2. The monoisotopic (exact) mass is 874 g/mol. The molecule has 0 amide bonds. The SMILES string of the molecule is CCCCc1ccc(-c2cccc3c2C=C(c2ccc(CC)s2)[CH]3[Zr+2][CH]2C(c3ccc(CC)s3)=Cc3c(-c4ccc(CCCC)cc4)cccc32)cc1.[Cl-].[Cl-]. The Morgan fingerprint density at radius 1 is 0.491 bits per heavy atom. The van der Waals surface area contributed by atoms with Crippen LogP contribution in [0.2, 0.25) is 0 Å². The predicted octanol–water partition coefficient (Wildman–Crippen LogP) is 8.93. The average molecular weight is 877 g/mol. The van der Waals surface area contributed by atoms with Crippen LogP contribution in [0.3, 0.4) is 0 Å². The van der Waals surface area contributed by atoms with Gasteiger partial charge in [0.15, 0.2) is 0 Å². The van der Waals surface area contributed by atoms with Crippen molar-refractivity contribution in [3.05, 3.63) is 162 Å². The summed E-state index contributed by atoms with van der Waals surface area (Å²) in [7, 11) is 0. The van der Waals surface area contributed by atoms with E-state index in [0.717, 1.165) is 25.7 Å². The molecule has 2 aromatic heterocycles. The molecular weight excluding hydrogens is 827 g/mol. The number of benzene rings is 4. The molecule has 2 aliphatic carbocycles. The zero-order chi connectivity index (χ0) is 36.3. The van der Waals surface area contributed by atoms with E-state index in [0.29, 0.717) is 7.25 Å². The Bertz CT molecular complexity index is 2110. The topological polar surface area (TPSA) is 0 Å². The van der Waals surface area contributed by atoms with Gasteiger partial charge in [-0.1, -0.05) is 0 Å². The van der Waals surface area contributed by atoms with Crippen molar-refractivity contribution in [1.29, 1.82) is 0 Å². The molecule has 0 spiro atoms. The normalized spacial score (nSPS) is 15.3. The minimum atomic E-state index is -1.19. The molecule has 0 fully saturated rings. The summed E-state index contributed by atoms with van der Waals surface area (Å²) < 4.78 is 0.958. The third-order valence-electron chi connectivity index (χ3n) is 11.2. The Morgan fingerprint density at radius 3 is 1.27 bits per heavy atom. The molecule has 0 radical (unpaired) electrons. The second-order valence-electron chi connectivity index (χ2n) is 14.7. The summed E-state index contributed by atoms with van der Waals surface area (Å²) in [6.45, 7) is 9.14. The van der Waals surface area contributed by atoms with Crippen molar-refractivity contribution < 1.29 is 48.0 Å². The number of thiophene rings is 2. The minimum absolute atomic E-state index is 0. The van der Waals surface area contributed by atoms with Crippen LogP contribution in [-0.2, 0) is 48.9 Å². The molecule has 2 aliphatic rings. The number of allylic oxidation sites excluding steroid dienone is 2. The Kier molecular flexibility index (Phi) is 14.5. The number of rotatable bonds is 14. The summed E-state index contributed by atoms with van der Waals surface area (Å²) in [6, 6.07) is 42.8. The molecule has 8 rings (SSSR count). The molecule has 6 aromatic rings. The molecular formula is C50H50Cl2S2Zr. The molecule has 2 atom stereocenters. The van der Waals surface area contributed by atoms with E-state index in [1.54, 1.807) is 22.3 Å². The zero-order valence-electron chi connectivity index (χ0n) is 32.4. The van der Waals surface area contributed by atoms with Crippen LogP contribution in [0.1, 0.15) is 114 Å². The molecule has 0 nitrogen and oxygen atoms in total. The number of unbranched alkanes of at least 4 members (excludes halogenated alkanes) is 2. The van der Waals surface area contributed by atoms with E-state index >= 15 is 0 Å². The molecule has 2 heterocycles. The van der Waals surface area contributed by atoms with Gasteiger partial charge in [-0.05, 0) is 0 Å². The number of aryl methyl sites for hydroxylation is 4. The van der Waals surface area contributed by atoms with Crippen LogP contribution in [0, 0.1) is 0 Å². The fourth-order valence-electron chi connectivity index (χ4n) is 8.17. The van der Waals surface area contributed by atoms with Crippen LogP contribution < -0.4 is 24.8 Å². The molecule has 0 saturated heterocycles. The van der Waals surface area contributed by atoms with Gasteiger partial charge in [0, 0.05) is 0 Å². The molecule has 0 N–H and O–H groups in total. The van der Waals surface area contributed by atoms with E-state index in [9.17, 15) is 0 Å². The average Bonchev–Trinajstić information content (AvgIpc) is 4.02. The molecule has 55 heavy (non-hydrogen) atoms. The molecule has 4 aromatic carbocycles. The van der Waals surface area contributed by atoms with Gasteiger partial charge >= 0.3 is 340 Å². The summed E-state index contributed by atoms with van der Waals surface area (Å²) >= 11 is 2.84. The van der Waals surface area contributed by atoms with Crippen LogP contribution in [0.15, 0.2) is 109 Å². The van der Waals surface area contributed by atoms with Gasteiger partial charge < -0.3 is 24.8 Å². The Balaban J connectivity index is 0.00000257. The minimum Gasteiger partial charge on any atom is -1.00 e. The second-order valence-corrected chi connectivity index (χ2v) is 20.7. The fraction of sp³-hybridized carbons (Fsp3) is 0.280. The van der Waals surface area contributed by atoms with Crippen LogP contribution in [0.5, 0.6) is 0 Å². The maximum absolute atomic E-state index is 2.60. The van der Waals surface area contributed by atoms with Gasteiger partial charge in [-0.15, -0.1) is 0 Å². The molecule has 0 saturated carbocycles. The number of fused-ring (bicyclic) bond motifs is 2. The Hall–Kier alpha value is -2.78. The molecule has 280 valence electrons. The third kappa shape index (κ3) is 8.73. The van der Waals surface area contributed by atoms with E-state index < -0.39 is 23.2 Å². The first-order chi connectivity index (χ1) is 26.1. The zero-order valence-corrected chi connectivity index (χ0v) is 38.0. The third-order valence-corrected chi connectivity index (χ3v) is 18.5. The number of hydrogen-bond donors (Lipinski definition) is 0. The van der Waals surface area contributed by atoms with Gasteiger partial charge in [-0.25, -0.2) is 0 Å². The molecule has 2 unspecified atom stereocenters. The molecule has 0 bridgehead atoms. The summed E-state index contributed by atoms with van der Waals surface area (Å²) in [5.41, 5.74) is 17.5. The van der Waals surface area contributed by atoms with Crippen LogP contribution in [0.25, 0.3) is 45.6 Å². The number of halogens is 2. The standard InChI is InChI=1S/2C25H25S.2ClH.Zr/c2*1-3-5-7-18-10-12-19(13-11-18)23-9-6-8-20-16-21(17-24(20)23)25-15-14-22(4-2)26-25;;;/h2*6,8-17H,3-5,7H2,1-2H3;2*1H;/q;;;;+2/p-2. The van der Waals surface area contributed by atoms with Gasteiger partial charge in [0.2, 0.25) is 0 Å². The summed E-state index contributed by atoms with van der Waals surface area (Å²) in [5, 5.41) is 0. The van der Waals surface area contributed by atoms with Crippen molar-refractivity contribution in [3.63, 3.8) is 0 Å². The first-order valence-electron chi connectivity index (χ1n) is 19.9. The van der Waals surface area contributed by atoms with Crippen LogP contribution in [-0.4, -0.2) is 0 Å². The molecule has 0 aliphatic heterocycles. The van der Waals surface area contributed by atoms with Crippen molar-refractivity contribution in [2.75, 3.05) is 0 Å². The van der Waals surface area contributed by atoms with Crippen molar-refractivity contribution in [1.82, 2.24) is 0 Å². The predicted molar refractivity (Wildman–Crippen MR) is 230 cm³/mol. The summed E-state index contributed by atoms with van der Waals surface area (Å²) in [4.78, 5) is 5.89. The van der Waals surface area contributed by atoms with E-state index in [1.165, 1.54) is 89.7 Å². The smallest absolute Gasteiger partial charge is 1.00 e. The largest absolute Gasteiger partial charge is 1.00 e. The maximum atomic E-state index is 2.60. The van der Waals surface area contributed by atoms with Crippen molar-refractivity contribution in [2.45, 2.75) is 86.3 Å². The second kappa shape index (κ2) is 19.1. The van der Waals surface area contributed by atoms with Crippen molar-refractivity contribution in [2.24, 2.45) is 0 Å². The van der Waals surface area contributed by atoms with Gasteiger partial charge in [0.25, 0.3) is 0 Å². The summed E-state index contributed by atoms with van der Waals surface area (Å²) in [6.07, 6.45) is 14.7. The van der Waals surface area contributed by atoms with Crippen molar-refractivity contribution in [3.8, 4) is 22.3 Å². The Morgan fingerprint density at radius 2 is 0.909 bits per heavy atom.